The molecule has 1 aromatic carbocycles. The molecule has 0 bridgehead atoms. The molecule has 1 fully saturated rings. The van der Waals surface area contributed by atoms with Crippen molar-refractivity contribution >= 4 is 34.6 Å². The SMILES string of the molecule is COCC(=O)Nc1ccc(N2C(=S)N[C@@H](c3ccccn3)[C@H]2c2cc(C)n(Cc3ccncc3)c2C)cc1C. The van der Waals surface area contributed by atoms with Crippen LogP contribution >= 0.6 is 12.2 Å². The number of nitrogens with zero attached hydrogens (tertiary/aromatic N) is 4. The van der Waals surface area contributed by atoms with Crippen molar-refractivity contribution in [2.24, 2.45) is 0 Å². The van der Waals surface area contributed by atoms with Gasteiger partial charge in [0, 0.05) is 55.0 Å². The maximum atomic E-state index is 12.1. The Labute approximate surface area is 234 Å². The van der Waals surface area contributed by atoms with Crippen LogP contribution in [0.1, 0.15) is 45.9 Å². The van der Waals surface area contributed by atoms with E-state index in [1.807, 2.05) is 68.0 Å². The molecule has 0 unspecified atom stereocenters. The van der Waals surface area contributed by atoms with Crippen LogP contribution in [0, 0.1) is 20.8 Å². The summed E-state index contributed by atoms with van der Waals surface area (Å²) in [6, 6.07) is 18.0. The standard InChI is InChI=1S/C30H32N6O2S/c1-19-15-23(8-9-25(19)33-27(37)18-38-4)36-29(28(34-30(36)39)26-7-5-6-12-32-26)24-16-20(2)35(21(24)3)17-22-10-13-31-14-11-22/h5-16,28-29H,17-18H2,1-4H3,(H,33,37)(H,34,39)/t28-,29+/m0/s1. The summed E-state index contributed by atoms with van der Waals surface area (Å²) in [4.78, 5) is 23.1. The molecule has 200 valence electrons. The van der Waals surface area contributed by atoms with Crippen LogP contribution in [0.3, 0.4) is 0 Å². The van der Waals surface area contributed by atoms with Gasteiger partial charge >= 0.3 is 0 Å². The number of amides is 1. The Morgan fingerprint density at radius 2 is 1.87 bits per heavy atom. The van der Waals surface area contributed by atoms with E-state index in [1.54, 1.807) is 0 Å². The lowest BCUT2D eigenvalue weighted by Crippen LogP contribution is -2.29. The van der Waals surface area contributed by atoms with Gasteiger partial charge in [-0.05, 0) is 98.2 Å². The lowest BCUT2D eigenvalue weighted by Gasteiger charge is -2.29. The summed E-state index contributed by atoms with van der Waals surface area (Å²) in [5.41, 5.74) is 8.26. The largest absolute Gasteiger partial charge is 0.375 e. The summed E-state index contributed by atoms with van der Waals surface area (Å²) >= 11 is 5.93. The van der Waals surface area contributed by atoms with Crippen molar-refractivity contribution in [3.63, 3.8) is 0 Å². The van der Waals surface area contributed by atoms with Crippen LogP contribution < -0.4 is 15.5 Å². The van der Waals surface area contributed by atoms with Crippen LogP contribution in [0.5, 0.6) is 0 Å². The molecule has 0 aliphatic carbocycles. The van der Waals surface area contributed by atoms with Crippen LogP contribution in [0.15, 0.2) is 73.2 Å². The number of hydrogen-bond acceptors (Lipinski definition) is 5. The molecule has 3 aromatic heterocycles. The molecular weight excluding hydrogens is 508 g/mol. The monoisotopic (exact) mass is 540 g/mol. The average Bonchev–Trinajstić information content (AvgIpc) is 3.42. The second kappa shape index (κ2) is 11.3. The molecule has 0 radical (unpaired) electrons. The smallest absolute Gasteiger partial charge is 0.250 e. The van der Waals surface area contributed by atoms with Gasteiger partial charge in [0.25, 0.3) is 0 Å². The number of pyridine rings is 2. The molecule has 9 heteroatoms. The van der Waals surface area contributed by atoms with E-state index in [1.165, 1.54) is 29.6 Å². The van der Waals surface area contributed by atoms with Gasteiger partial charge < -0.3 is 24.8 Å². The molecule has 2 atom stereocenters. The Morgan fingerprint density at radius 1 is 1.08 bits per heavy atom. The van der Waals surface area contributed by atoms with Crippen molar-refractivity contribution < 1.29 is 9.53 Å². The van der Waals surface area contributed by atoms with Crippen LogP contribution in [-0.2, 0) is 16.1 Å². The Balaban J connectivity index is 1.56. The maximum absolute atomic E-state index is 12.1. The summed E-state index contributed by atoms with van der Waals surface area (Å²) in [6.07, 6.45) is 5.46. The first kappa shape index (κ1) is 26.5. The highest BCUT2D eigenvalue weighted by molar-refractivity contribution is 7.80. The molecule has 4 aromatic rings. The van der Waals surface area contributed by atoms with Gasteiger partial charge in [-0.3, -0.25) is 14.8 Å². The first-order valence-electron chi connectivity index (χ1n) is 12.8. The van der Waals surface area contributed by atoms with E-state index < -0.39 is 0 Å². The van der Waals surface area contributed by atoms with Gasteiger partial charge in [-0.1, -0.05) is 6.07 Å². The second-order valence-corrected chi connectivity index (χ2v) is 10.1. The van der Waals surface area contributed by atoms with Gasteiger partial charge in [-0.2, -0.15) is 0 Å². The third kappa shape index (κ3) is 5.41. The minimum Gasteiger partial charge on any atom is -0.375 e. The predicted octanol–water partition coefficient (Wildman–Crippen LogP) is 5.01. The van der Waals surface area contributed by atoms with E-state index >= 15 is 0 Å². The van der Waals surface area contributed by atoms with Crippen molar-refractivity contribution in [2.45, 2.75) is 39.4 Å². The Hall–Kier alpha value is -4.08. The fourth-order valence-corrected chi connectivity index (χ4v) is 5.59. The summed E-state index contributed by atoms with van der Waals surface area (Å²) in [5.74, 6) is -0.193. The summed E-state index contributed by atoms with van der Waals surface area (Å²) in [7, 11) is 1.50. The third-order valence-corrected chi connectivity index (χ3v) is 7.47. The maximum Gasteiger partial charge on any atom is 0.250 e. The van der Waals surface area contributed by atoms with Crippen molar-refractivity contribution in [1.82, 2.24) is 19.9 Å². The predicted molar refractivity (Wildman–Crippen MR) is 157 cm³/mol. The number of methoxy groups -OCH3 is 1. The van der Waals surface area contributed by atoms with Crippen LogP contribution in [0.4, 0.5) is 11.4 Å². The van der Waals surface area contributed by atoms with Crippen LogP contribution in [0.2, 0.25) is 0 Å². The molecule has 0 saturated carbocycles. The minimum absolute atomic E-state index is 0.00423. The lowest BCUT2D eigenvalue weighted by molar-refractivity contribution is -0.119. The zero-order chi connectivity index (χ0) is 27.5. The molecule has 8 nitrogen and oxygen atoms in total. The number of anilines is 2. The lowest BCUT2D eigenvalue weighted by atomic mass is 9.96. The summed E-state index contributed by atoms with van der Waals surface area (Å²) < 4.78 is 7.29. The number of carbonyl (C=O) groups is 1. The van der Waals surface area contributed by atoms with Crippen LogP contribution in [0.25, 0.3) is 0 Å². The quantitative estimate of drug-likeness (QED) is 0.304. The average molecular weight is 541 g/mol. The molecule has 39 heavy (non-hydrogen) atoms. The van der Waals surface area contributed by atoms with Gasteiger partial charge in [0.1, 0.15) is 6.61 Å². The van der Waals surface area contributed by atoms with Gasteiger partial charge in [-0.25, -0.2) is 0 Å². The van der Waals surface area contributed by atoms with E-state index in [0.717, 1.165) is 29.2 Å². The van der Waals surface area contributed by atoms with E-state index in [-0.39, 0.29) is 24.6 Å². The van der Waals surface area contributed by atoms with Crippen molar-refractivity contribution in [3.8, 4) is 0 Å². The number of aromatic nitrogens is 3. The van der Waals surface area contributed by atoms with Gasteiger partial charge in [-0.15, -0.1) is 0 Å². The van der Waals surface area contributed by atoms with E-state index in [4.69, 9.17) is 17.0 Å². The number of thiocarbonyl (C=S) groups is 1. The fourth-order valence-electron chi connectivity index (χ4n) is 5.25. The first-order valence-corrected chi connectivity index (χ1v) is 13.2. The number of aryl methyl sites for hydroxylation is 2. The molecular formula is C30H32N6O2S. The number of hydrogen-bond donors (Lipinski definition) is 2. The summed E-state index contributed by atoms with van der Waals surface area (Å²) in [5, 5.41) is 7.09. The van der Waals surface area contributed by atoms with Crippen molar-refractivity contribution in [1.29, 1.82) is 0 Å². The highest BCUT2D eigenvalue weighted by atomic mass is 32.1. The topological polar surface area (TPSA) is 84.3 Å². The number of carbonyl (C=O) groups excluding carboxylic acids is 1. The van der Waals surface area contributed by atoms with Gasteiger partial charge in [0.05, 0.1) is 17.8 Å². The Bertz CT molecular complexity index is 1490. The number of benzene rings is 1. The van der Waals surface area contributed by atoms with Crippen LogP contribution in [-0.4, -0.2) is 39.3 Å². The normalized spacial score (nSPS) is 16.8. The third-order valence-electron chi connectivity index (χ3n) is 7.16. The molecule has 1 saturated heterocycles. The Morgan fingerprint density at radius 3 is 2.56 bits per heavy atom. The second-order valence-electron chi connectivity index (χ2n) is 9.75. The van der Waals surface area contributed by atoms with E-state index in [0.29, 0.717) is 5.11 Å². The molecule has 0 spiro atoms. The molecule has 1 amide bonds. The van der Waals surface area contributed by atoms with Crippen molar-refractivity contribution in [2.75, 3.05) is 23.9 Å². The molecule has 5 rings (SSSR count). The zero-order valence-corrected chi connectivity index (χ0v) is 23.3. The van der Waals surface area contributed by atoms with Crippen molar-refractivity contribution in [3.05, 3.63) is 107 Å². The fraction of sp³-hybridized carbons (Fsp3) is 0.267. The molecule has 4 heterocycles. The van der Waals surface area contributed by atoms with Gasteiger partial charge in [0.2, 0.25) is 5.91 Å². The number of rotatable bonds is 8. The zero-order valence-electron chi connectivity index (χ0n) is 22.5. The highest BCUT2D eigenvalue weighted by Crippen LogP contribution is 2.44. The molecule has 1 aliphatic heterocycles. The summed E-state index contributed by atoms with van der Waals surface area (Å²) in [6.45, 7) is 7.04. The van der Waals surface area contributed by atoms with Gasteiger partial charge in [0.15, 0.2) is 5.11 Å². The highest BCUT2D eigenvalue weighted by Gasteiger charge is 2.42. The van der Waals surface area contributed by atoms with E-state index in [9.17, 15) is 4.79 Å². The Kier molecular flexibility index (Phi) is 7.72. The minimum atomic E-state index is -0.193. The molecule has 2 N–H and O–H groups in total. The number of nitrogens with one attached hydrogen (secondary N) is 2. The van der Waals surface area contributed by atoms with E-state index in [2.05, 4.69) is 56.0 Å². The number of ether oxygens (including phenoxy) is 1. The molecule has 1 aliphatic rings. The first-order chi connectivity index (χ1) is 18.9.